The quantitative estimate of drug-likeness (QED) is 0.652. The number of halogens is 1. The van der Waals surface area contributed by atoms with Gasteiger partial charge in [-0.2, -0.15) is 14.5 Å². The van der Waals surface area contributed by atoms with Crippen molar-refractivity contribution in [1.82, 2.24) is 33.9 Å². The van der Waals surface area contributed by atoms with E-state index in [9.17, 15) is 8.42 Å². The molecule has 0 bridgehead atoms. The van der Waals surface area contributed by atoms with Crippen LogP contribution in [-0.2, 0) is 17.1 Å². The molecule has 11 heteroatoms. The first kappa shape index (κ1) is 18.3. The maximum Gasteiger partial charge on any atom is 0.248 e. The van der Waals surface area contributed by atoms with Gasteiger partial charge >= 0.3 is 0 Å². The highest BCUT2D eigenvalue weighted by Gasteiger charge is 2.35. The van der Waals surface area contributed by atoms with Crippen molar-refractivity contribution in [2.45, 2.75) is 37.5 Å². The fraction of sp³-hybridized carbons (Fsp3) is 0.500. The van der Waals surface area contributed by atoms with Gasteiger partial charge in [-0.1, -0.05) is 11.6 Å². The number of hydrogen-bond donors (Lipinski definition) is 0. The maximum absolute atomic E-state index is 13.0. The van der Waals surface area contributed by atoms with Crippen molar-refractivity contribution in [3.05, 3.63) is 34.5 Å². The second-order valence-corrected chi connectivity index (χ2v) is 9.06. The summed E-state index contributed by atoms with van der Waals surface area (Å²) in [6, 6.07) is 1.96. The zero-order valence-electron chi connectivity index (χ0n) is 15.3. The number of aromatic nitrogens is 6. The molecule has 1 fully saturated rings. The summed E-state index contributed by atoms with van der Waals surface area (Å²) in [5.74, 6) is 0.176. The normalized spacial score (nSPS) is 17.0. The molecule has 1 aliphatic rings. The Labute approximate surface area is 162 Å². The summed E-state index contributed by atoms with van der Waals surface area (Å²) in [7, 11) is -2.04. The van der Waals surface area contributed by atoms with Gasteiger partial charge in [-0.05, 0) is 38.3 Å². The van der Waals surface area contributed by atoms with Crippen LogP contribution in [0.1, 0.15) is 35.7 Å². The topological polar surface area (TPSA) is 98.3 Å². The van der Waals surface area contributed by atoms with Crippen LogP contribution in [0.2, 0.25) is 5.15 Å². The third kappa shape index (κ3) is 3.01. The predicted molar refractivity (Wildman–Crippen MR) is 99.2 cm³/mol. The van der Waals surface area contributed by atoms with Crippen LogP contribution in [0.5, 0.6) is 0 Å². The van der Waals surface area contributed by atoms with Crippen molar-refractivity contribution in [2.75, 3.05) is 13.1 Å². The molecule has 1 aliphatic heterocycles. The standard InChI is InChI=1S/C16H20ClN7O2S/c1-10-8-13-18-9-19-24(13)21-14(10)12-4-6-23(7-5-12)27(25,26)15-11(2)20-22(3)16(15)17/h8-9,12H,4-7H2,1-3H3. The van der Waals surface area contributed by atoms with E-state index in [0.29, 0.717) is 37.3 Å². The van der Waals surface area contributed by atoms with Gasteiger partial charge in [-0.3, -0.25) is 4.68 Å². The van der Waals surface area contributed by atoms with Crippen molar-refractivity contribution in [2.24, 2.45) is 7.05 Å². The lowest BCUT2D eigenvalue weighted by atomic mass is 9.92. The molecule has 0 saturated carbocycles. The maximum atomic E-state index is 13.0. The molecular weight excluding hydrogens is 390 g/mol. The van der Waals surface area contributed by atoms with E-state index in [4.69, 9.17) is 11.6 Å². The zero-order chi connectivity index (χ0) is 19.3. The van der Waals surface area contributed by atoms with Crippen LogP contribution in [0.15, 0.2) is 17.3 Å². The second kappa shape index (κ2) is 6.54. The Morgan fingerprint density at radius 2 is 1.89 bits per heavy atom. The van der Waals surface area contributed by atoms with E-state index in [0.717, 1.165) is 11.3 Å². The van der Waals surface area contributed by atoms with Gasteiger partial charge in [-0.25, -0.2) is 13.4 Å². The molecule has 9 nitrogen and oxygen atoms in total. The Kier molecular flexibility index (Phi) is 4.44. The molecule has 0 aliphatic carbocycles. The van der Waals surface area contributed by atoms with E-state index in [1.165, 1.54) is 19.9 Å². The SMILES string of the molecule is Cc1cc2ncnn2nc1C1CCN(S(=O)(=O)c2c(C)nn(C)c2Cl)CC1. The molecule has 27 heavy (non-hydrogen) atoms. The Hall–Kier alpha value is -2.04. The Balaban J connectivity index is 1.57. The molecule has 0 unspecified atom stereocenters. The van der Waals surface area contributed by atoms with Gasteiger partial charge < -0.3 is 0 Å². The first-order valence-electron chi connectivity index (χ1n) is 8.66. The summed E-state index contributed by atoms with van der Waals surface area (Å²) >= 11 is 6.18. The molecule has 4 heterocycles. The summed E-state index contributed by atoms with van der Waals surface area (Å²) in [4.78, 5) is 4.24. The van der Waals surface area contributed by atoms with Gasteiger partial charge in [0.2, 0.25) is 10.0 Å². The largest absolute Gasteiger partial charge is 0.255 e. The van der Waals surface area contributed by atoms with Crippen molar-refractivity contribution in [3.8, 4) is 0 Å². The Morgan fingerprint density at radius 3 is 2.52 bits per heavy atom. The number of piperidine rings is 1. The van der Waals surface area contributed by atoms with E-state index < -0.39 is 10.0 Å². The molecule has 0 amide bonds. The fourth-order valence-electron chi connectivity index (χ4n) is 3.67. The summed E-state index contributed by atoms with van der Waals surface area (Å²) < 4.78 is 30.5. The van der Waals surface area contributed by atoms with Crippen molar-refractivity contribution in [3.63, 3.8) is 0 Å². The first-order valence-corrected chi connectivity index (χ1v) is 10.5. The molecule has 0 N–H and O–H groups in total. The fourth-order valence-corrected chi connectivity index (χ4v) is 5.85. The minimum absolute atomic E-state index is 0.100. The molecule has 1 saturated heterocycles. The zero-order valence-corrected chi connectivity index (χ0v) is 16.9. The van der Waals surface area contributed by atoms with Gasteiger partial charge in [0.1, 0.15) is 16.4 Å². The minimum Gasteiger partial charge on any atom is -0.255 e. The Morgan fingerprint density at radius 1 is 1.19 bits per heavy atom. The molecule has 144 valence electrons. The third-order valence-electron chi connectivity index (χ3n) is 5.05. The average Bonchev–Trinajstić information content (AvgIpc) is 3.17. The van der Waals surface area contributed by atoms with Crippen LogP contribution < -0.4 is 0 Å². The average molecular weight is 410 g/mol. The minimum atomic E-state index is -3.67. The van der Waals surface area contributed by atoms with E-state index in [-0.39, 0.29) is 16.0 Å². The number of sulfonamides is 1. The van der Waals surface area contributed by atoms with E-state index in [2.05, 4.69) is 20.3 Å². The second-order valence-electron chi connectivity index (χ2n) is 6.83. The number of aryl methyl sites for hydroxylation is 3. The van der Waals surface area contributed by atoms with E-state index >= 15 is 0 Å². The van der Waals surface area contributed by atoms with Gasteiger partial charge in [0.05, 0.1) is 11.4 Å². The molecular formula is C16H20ClN7O2S. The monoisotopic (exact) mass is 409 g/mol. The van der Waals surface area contributed by atoms with Gasteiger partial charge in [-0.15, -0.1) is 9.73 Å². The van der Waals surface area contributed by atoms with Crippen molar-refractivity contribution in [1.29, 1.82) is 0 Å². The highest BCUT2D eigenvalue weighted by atomic mass is 35.5. The molecule has 0 spiro atoms. The highest BCUT2D eigenvalue weighted by Crippen LogP contribution is 2.33. The Bertz CT molecular complexity index is 1110. The number of nitrogens with zero attached hydrogens (tertiary/aromatic N) is 7. The summed E-state index contributed by atoms with van der Waals surface area (Å²) in [5, 5.41) is 12.9. The van der Waals surface area contributed by atoms with E-state index in [1.807, 2.05) is 13.0 Å². The third-order valence-corrected chi connectivity index (χ3v) is 7.64. The van der Waals surface area contributed by atoms with E-state index in [1.54, 1.807) is 14.0 Å². The summed E-state index contributed by atoms with van der Waals surface area (Å²) in [6.45, 7) is 4.48. The molecule has 3 aromatic heterocycles. The smallest absolute Gasteiger partial charge is 0.248 e. The molecule has 3 aromatic rings. The number of rotatable bonds is 3. The lowest BCUT2D eigenvalue weighted by molar-refractivity contribution is 0.314. The van der Waals surface area contributed by atoms with Crippen molar-refractivity contribution >= 4 is 27.3 Å². The molecule has 0 aromatic carbocycles. The predicted octanol–water partition coefficient (Wildman–Crippen LogP) is 1.70. The van der Waals surface area contributed by atoms with Crippen LogP contribution in [-0.4, -0.2) is 55.4 Å². The van der Waals surface area contributed by atoms with Crippen LogP contribution in [0.4, 0.5) is 0 Å². The van der Waals surface area contributed by atoms with Crippen molar-refractivity contribution < 1.29 is 8.42 Å². The highest BCUT2D eigenvalue weighted by molar-refractivity contribution is 7.89. The van der Waals surface area contributed by atoms with Gasteiger partial charge in [0.15, 0.2) is 5.65 Å². The number of hydrogen-bond acceptors (Lipinski definition) is 6. The number of fused-ring (bicyclic) bond motifs is 1. The summed E-state index contributed by atoms with van der Waals surface area (Å²) in [5.41, 5.74) is 3.11. The first-order chi connectivity index (χ1) is 12.8. The summed E-state index contributed by atoms with van der Waals surface area (Å²) in [6.07, 6.45) is 2.84. The molecule has 0 radical (unpaired) electrons. The molecule has 4 rings (SSSR count). The van der Waals surface area contributed by atoms with Crippen LogP contribution in [0, 0.1) is 13.8 Å². The van der Waals surface area contributed by atoms with Crippen LogP contribution in [0.3, 0.4) is 0 Å². The van der Waals surface area contributed by atoms with Gasteiger partial charge in [0, 0.05) is 26.1 Å². The van der Waals surface area contributed by atoms with Gasteiger partial charge in [0.25, 0.3) is 0 Å². The molecule has 0 atom stereocenters. The lowest BCUT2D eigenvalue weighted by Gasteiger charge is -2.31. The van der Waals surface area contributed by atoms with Crippen LogP contribution >= 0.6 is 11.6 Å². The van der Waals surface area contributed by atoms with Crippen LogP contribution in [0.25, 0.3) is 5.65 Å². The lowest BCUT2D eigenvalue weighted by Crippen LogP contribution is -2.38.